The third-order valence-corrected chi connectivity index (χ3v) is 0.950. The third kappa shape index (κ3) is 22.6. The van der Waals surface area contributed by atoms with Crippen LogP contribution in [0.1, 0.15) is 12.8 Å². The van der Waals surface area contributed by atoms with E-state index in [-0.39, 0.29) is 25.3 Å². The van der Waals surface area contributed by atoms with Crippen molar-refractivity contribution in [1.29, 1.82) is 0 Å². The highest BCUT2D eigenvalue weighted by Crippen LogP contribution is 1.86. The zero-order chi connectivity index (χ0) is 13.1. The van der Waals surface area contributed by atoms with Crippen LogP contribution in [0.4, 0.5) is 0 Å². The van der Waals surface area contributed by atoms with Crippen molar-refractivity contribution in [2.24, 2.45) is 16.5 Å². The number of carboxylic acid groups (broad SMARTS) is 3. The van der Waals surface area contributed by atoms with Crippen molar-refractivity contribution in [3.05, 3.63) is 0 Å². The van der Waals surface area contributed by atoms with Crippen molar-refractivity contribution in [1.82, 2.24) is 0 Å². The fourth-order valence-corrected chi connectivity index (χ4v) is 0.373. The minimum Gasteiger partial charge on any atom is -0.481 e. The molecule has 7 N–H and O–H groups in total. The molecule has 0 aromatic heterocycles. The maximum Gasteiger partial charge on any atom is 0.325 e. The lowest BCUT2D eigenvalue weighted by atomic mass is 10.3. The highest BCUT2D eigenvalue weighted by Gasteiger charge is 2.00. The van der Waals surface area contributed by atoms with Crippen molar-refractivity contribution in [2.45, 2.75) is 12.8 Å². The number of guanidine groups is 1. The van der Waals surface area contributed by atoms with E-state index in [2.05, 4.69) is 4.99 Å². The van der Waals surface area contributed by atoms with E-state index in [1.54, 1.807) is 0 Å². The van der Waals surface area contributed by atoms with Gasteiger partial charge in [0, 0.05) is 0 Å². The van der Waals surface area contributed by atoms with E-state index in [0.29, 0.717) is 0 Å². The molecule has 0 unspecified atom stereocenters. The Morgan fingerprint density at radius 2 is 1.25 bits per heavy atom. The van der Waals surface area contributed by atoms with Crippen LogP contribution in [0.3, 0.4) is 0 Å². The average Bonchev–Trinajstić information content (AvgIpc) is 2.12. The summed E-state index contributed by atoms with van der Waals surface area (Å²) in [6, 6.07) is 0. The first-order chi connectivity index (χ1) is 7.25. The lowest BCUT2D eigenvalue weighted by molar-refractivity contribution is -0.143. The molecule has 0 atom stereocenters. The van der Waals surface area contributed by atoms with E-state index in [1.807, 2.05) is 0 Å². The largest absolute Gasteiger partial charge is 0.481 e. The van der Waals surface area contributed by atoms with Crippen molar-refractivity contribution < 1.29 is 29.7 Å². The number of aliphatic imine (C=N–C) groups is 1. The van der Waals surface area contributed by atoms with Crippen LogP contribution in [0.15, 0.2) is 4.99 Å². The second kappa shape index (κ2) is 9.24. The molecular weight excluding hydrogens is 222 g/mol. The fourth-order valence-electron chi connectivity index (χ4n) is 0.373. The predicted octanol–water partition coefficient (Wildman–Crippen LogP) is -1.72. The first-order valence-electron chi connectivity index (χ1n) is 3.96. The summed E-state index contributed by atoms with van der Waals surface area (Å²) in [6.07, 6.45) is -0.593. The lowest BCUT2D eigenvalue weighted by Crippen LogP contribution is -2.24. The molecule has 0 aromatic rings. The quantitative estimate of drug-likeness (QED) is 0.276. The number of nitrogens with two attached hydrogens (primary N) is 2. The Hall–Kier alpha value is -2.32. The molecule has 0 amide bonds. The van der Waals surface area contributed by atoms with E-state index >= 15 is 0 Å². The Morgan fingerprint density at radius 1 is 0.875 bits per heavy atom. The van der Waals surface area contributed by atoms with Crippen LogP contribution < -0.4 is 11.5 Å². The van der Waals surface area contributed by atoms with Gasteiger partial charge in [-0.25, -0.2) is 4.99 Å². The van der Waals surface area contributed by atoms with Gasteiger partial charge in [0.25, 0.3) is 0 Å². The smallest absolute Gasteiger partial charge is 0.325 e. The molecule has 9 heteroatoms. The Bertz CT molecular complexity index is 270. The second-order valence-electron chi connectivity index (χ2n) is 2.42. The van der Waals surface area contributed by atoms with Gasteiger partial charge in [0.05, 0.1) is 12.8 Å². The summed E-state index contributed by atoms with van der Waals surface area (Å²) in [7, 11) is 0. The number of hydrogen-bond donors (Lipinski definition) is 5. The van der Waals surface area contributed by atoms with Crippen LogP contribution in [0, 0.1) is 0 Å². The molecule has 0 spiro atoms. The molecule has 0 fully saturated rings. The fraction of sp³-hybridized carbons (Fsp3) is 0.429. The molecular formula is C7H13N3O6. The number of carbonyl (C=O) groups is 3. The van der Waals surface area contributed by atoms with E-state index in [9.17, 15) is 14.4 Å². The van der Waals surface area contributed by atoms with Gasteiger partial charge in [-0.1, -0.05) is 0 Å². The minimum absolute atomic E-state index is 0.201. The second-order valence-corrected chi connectivity index (χ2v) is 2.42. The van der Waals surface area contributed by atoms with Crippen molar-refractivity contribution in [2.75, 3.05) is 6.54 Å². The maximum absolute atomic E-state index is 9.69. The Labute approximate surface area is 90.4 Å². The zero-order valence-corrected chi connectivity index (χ0v) is 8.29. The molecule has 0 rings (SSSR count). The number of rotatable bonds is 5. The maximum atomic E-state index is 9.69. The summed E-state index contributed by atoms with van der Waals surface area (Å²) in [4.78, 5) is 32.2. The molecule has 0 aliphatic carbocycles. The molecule has 0 radical (unpaired) electrons. The summed E-state index contributed by atoms with van der Waals surface area (Å²) < 4.78 is 0. The van der Waals surface area contributed by atoms with Crippen molar-refractivity contribution in [3.63, 3.8) is 0 Å². The van der Waals surface area contributed by atoms with Gasteiger partial charge >= 0.3 is 17.9 Å². The number of aliphatic carboxylic acids is 3. The van der Waals surface area contributed by atoms with Crippen LogP contribution in [0.25, 0.3) is 0 Å². The van der Waals surface area contributed by atoms with Crippen LogP contribution in [0.5, 0.6) is 0 Å². The Kier molecular flexibility index (Phi) is 9.31. The summed E-state index contributed by atoms with van der Waals surface area (Å²) >= 11 is 0. The Balaban J connectivity index is 0. The van der Waals surface area contributed by atoms with Gasteiger partial charge in [-0.2, -0.15) is 0 Å². The molecule has 0 heterocycles. The summed E-state index contributed by atoms with van der Waals surface area (Å²) in [6.45, 7) is -0.359. The van der Waals surface area contributed by atoms with Gasteiger partial charge in [0.1, 0.15) is 6.54 Å². The molecule has 0 aliphatic rings. The SMILES string of the molecule is NC(N)=NCC(=O)O.O=C(O)CCC(=O)O. The number of nitrogens with zero attached hydrogens (tertiary/aromatic N) is 1. The van der Waals surface area contributed by atoms with Gasteiger partial charge in [-0.15, -0.1) is 0 Å². The van der Waals surface area contributed by atoms with E-state index in [0.717, 1.165) is 0 Å². The standard InChI is InChI=1S/C4H6O4.C3H7N3O2/c5-3(6)1-2-4(7)8;4-3(5)6-1-2(7)8/h1-2H2,(H,5,6)(H,7,8);1H2,(H,7,8)(H4,4,5,6). The monoisotopic (exact) mass is 235 g/mol. The molecule has 0 saturated heterocycles. The van der Waals surface area contributed by atoms with E-state index in [4.69, 9.17) is 26.8 Å². The van der Waals surface area contributed by atoms with Gasteiger partial charge in [-0.05, 0) is 0 Å². The first-order valence-corrected chi connectivity index (χ1v) is 3.96. The molecule has 0 bridgehead atoms. The zero-order valence-electron chi connectivity index (χ0n) is 8.29. The summed E-state index contributed by atoms with van der Waals surface area (Å²) in [5.41, 5.74) is 9.61. The van der Waals surface area contributed by atoms with Crippen molar-refractivity contribution in [3.8, 4) is 0 Å². The minimum atomic E-state index is -1.08. The Morgan fingerprint density at radius 3 is 1.38 bits per heavy atom. The summed E-state index contributed by atoms with van der Waals surface area (Å²) in [5.74, 6) is -3.40. The normalized spacial score (nSPS) is 8.25. The highest BCUT2D eigenvalue weighted by atomic mass is 16.4. The highest BCUT2D eigenvalue weighted by molar-refractivity contribution is 5.79. The molecule has 9 nitrogen and oxygen atoms in total. The van der Waals surface area contributed by atoms with Crippen LogP contribution in [-0.2, 0) is 14.4 Å². The number of hydrogen-bond acceptors (Lipinski definition) is 4. The number of carboxylic acids is 3. The molecule has 0 aromatic carbocycles. The molecule has 0 saturated carbocycles. The molecule has 0 aliphatic heterocycles. The van der Waals surface area contributed by atoms with Crippen LogP contribution in [0.2, 0.25) is 0 Å². The van der Waals surface area contributed by atoms with Gasteiger partial charge in [0.2, 0.25) is 0 Å². The van der Waals surface area contributed by atoms with E-state index < -0.39 is 17.9 Å². The third-order valence-electron chi connectivity index (χ3n) is 0.950. The van der Waals surface area contributed by atoms with E-state index in [1.165, 1.54) is 0 Å². The molecule has 92 valence electrons. The van der Waals surface area contributed by atoms with Gasteiger partial charge < -0.3 is 26.8 Å². The summed E-state index contributed by atoms with van der Waals surface area (Å²) in [5, 5.41) is 23.7. The van der Waals surface area contributed by atoms with Gasteiger partial charge in [0.15, 0.2) is 5.96 Å². The predicted molar refractivity (Wildman–Crippen MR) is 52.8 cm³/mol. The average molecular weight is 235 g/mol. The van der Waals surface area contributed by atoms with Crippen molar-refractivity contribution >= 4 is 23.9 Å². The molecule has 16 heavy (non-hydrogen) atoms. The lowest BCUT2D eigenvalue weighted by Gasteiger charge is -1.85. The van der Waals surface area contributed by atoms with Crippen LogP contribution in [-0.4, -0.2) is 45.7 Å². The topological polar surface area (TPSA) is 176 Å². The first kappa shape index (κ1) is 16.1. The van der Waals surface area contributed by atoms with Gasteiger partial charge in [-0.3, -0.25) is 14.4 Å². The van der Waals surface area contributed by atoms with Crippen LogP contribution >= 0.6 is 0 Å².